The smallest absolute Gasteiger partial charge is 0.138 e. The first-order valence-corrected chi connectivity index (χ1v) is 6.59. The number of anilines is 1. The van der Waals surface area contributed by atoms with E-state index in [1.54, 1.807) is 20.4 Å². The number of thiocarbonyl (C=S) groups is 1. The average Bonchev–Trinajstić information content (AvgIpc) is 2.42. The van der Waals surface area contributed by atoms with Crippen LogP contribution in [0.3, 0.4) is 0 Å². The zero-order valence-electron chi connectivity index (χ0n) is 11.5. The summed E-state index contributed by atoms with van der Waals surface area (Å²) in [6.07, 6.45) is 2.65. The van der Waals surface area contributed by atoms with Gasteiger partial charge in [-0.05, 0) is 18.6 Å². The van der Waals surface area contributed by atoms with Gasteiger partial charge in [0.05, 0.1) is 12.2 Å². The third kappa shape index (κ3) is 5.10. The van der Waals surface area contributed by atoms with Crippen LogP contribution in [-0.4, -0.2) is 50.5 Å². The van der Waals surface area contributed by atoms with E-state index < -0.39 is 0 Å². The minimum Gasteiger partial charge on any atom is -0.389 e. The molecule has 0 aromatic carbocycles. The minimum atomic E-state index is 0.359. The second-order valence-electron chi connectivity index (χ2n) is 4.07. The lowest BCUT2D eigenvalue weighted by Crippen LogP contribution is -2.32. The van der Waals surface area contributed by atoms with Crippen molar-refractivity contribution in [3.63, 3.8) is 0 Å². The highest BCUT2D eigenvalue weighted by molar-refractivity contribution is 7.80. The van der Waals surface area contributed by atoms with Crippen molar-refractivity contribution >= 4 is 23.0 Å². The van der Waals surface area contributed by atoms with E-state index in [-0.39, 0.29) is 0 Å². The predicted octanol–water partition coefficient (Wildman–Crippen LogP) is 1.21. The van der Waals surface area contributed by atoms with Crippen molar-refractivity contribution in [2.45, 2.75) is 6.42 Å². The summed E-state index contributed by atoms with van der Waals surface area (Å²) in [7, 11) is 3.38. The standard InChI is InChI=1S/C13H21N3O2S/c1-17-9-4-7-16(8-10-18-2)13-11(12(14)19)5-3-6-15-13/h3,5-6H,4,7-10H2,1-2H3,(H2,14,19). The summed E-state index contributed by atoms with van der Waals surface area (Å²) in [5.41, 5.74) is 6.54. The molecule has 1 heterocycles. The molecule has 0 fully saturated rings. The quantitative estimate of drug-likeness (QED) is 0.543. The third-order valence-corrected chi connectivity index (χ3v) is 2.91. The molecule has 1 aromatic rings. The Balaban J connectivity index is 2.85. The molecule has 6 heteroatoms. The van der Waals surface area contributed by atoms with Crippen LogP contribution in [0.2, 0.25) is 0 Å². The SMILES string of the molecule is COCCCN(CCOC)c1ncccc1C(N)=S. The Morgan fingerprint density at radius 2 is 2.05 bits per heavy atom. The number of nitrogens with zero attached hydrogens (tertiary/aromatic N) is 2. The van der Waals surface area contributed by atoms with Crippen molar-refractivity contribution in [1.29, 1.82) is 0 Å². The molecule has 0 aliphatic heterocycles. The van der Waals surface area contributed by atoms with Gasteiger partial charge in [0, 0.05) is 40.1 Å². The monoisotopic (exact) mass is 283 g/mol. The Morgan fingerprint density at radius 1 is 1.32 bits per heavy atom. The van der Waals surface area contributed by atoms with Crippen molar-refractivity contribution in [2.75, 3.05) is 45.4 Å². The molecular formula is C13H21N3O2S. The van der Waals surface area contributed by atoms with Gasteiger partial charge >= 0.3 is 0 Å². The molecular weight excluding hydrogens is 262 g/mol. The van der Waals surface area contributed by atoms with Crippen LogP contribution in [-0.2, 0) is 9.47 Å². The van der Waals surface area contributed by atoms with Gasteiger partial charge in [-0.3, -0.25) is 0 Å². The second-order valence-corrected chi connectivity index (χ2v) is 4.50. The number of nitrogens with two attached hydrogens (primary N) is 1. The number of pyridine rings is 1. The van der Waals surface area contributed by atoms with Gasteiger partial charge in [-0.25, -0.2) is 4.98 Å². The normalized spacial score (nSPS) is 10.4. The van der Waals surface area contributed by atoms with E-state index >= 15 is 0 Å². The maximum absolute atomic E-state index is 5.74. The van der Waals surface area contributed by atoms with Crippen LogP contribution in [0.4, 0.5) is 5.82 Å². The highest BCUT2D eigenvalue weighted by Crippen LogP contribution is 2.17. The van der Waals surface area contributed by atoms with E-state index in [1.165, 1.54) is 0 Å². The zero-order valence-corrected chi connectivity index (χ0v) is 12.3. The zero-order chi connectivity index (χ0) is 14.1. The lowest BCUT2D eigenvalue weighted by molar-refractivity contribution is 0.191. The van der Waals surface area contributed by atoms with E-state index in [2.05, 4.69) is 9.88 Å². The first-order valence-electron chi connectivity index (χ1n) is 6.18. The van der Waals surface area contributed by atoms with E-state index in [9.17, 15) is 0 Å². The number of methoxy groups -OCH3 is 2. The molecule has 0 spiro atoms. The minimum absolute atomic E-state index is 0.359. The summed E-state index contributed by atoms with van der Waals surface area (Å²) < 4.78 is 10.2. The Morgan fingerprint density at radius 3 is 2.68 bits per heavy atom. The van der Waals surface area contributed by atoms with Crippen LogP contribution in [0.15, 0.2) is 18.3 Å². The summed E-state index contributed by atoms with van der Waals surface area (Å²) in [6.45, 7) is 2.90. The Bertz CT molecular complexity index is 401. The molecule has 0 unspecified atom stereocenters. The summed E-state index contributed by atoms with van der Waals surface area (Å²) in [6, 6.07) is 3.72. The number of hydrogen-bond acceptors (Lipinski definition) is 5. The maximum Gasteiger partial charge on any atom is 0.138 e. The fourth-order valence-corrected chi connectivity index (χ4v) is 1.93. The van der Waals surface area contributed by atoms with E-state index in [0.717, 1.165) is 30.9 Å². The van der Waals surface area contributed by atoms with Crippen LogP contribution < -0.4 is 10.6 Å². The van der Waals surface area contributed by atoms with Crippen molar-refractivity contribution in [2.24, 2.45) is 5.73 Å². The number of hydrogen-bond donors (Lipinski definition) is 1. The lowest BCUT2D eigenvalue weighted by Gasteiger charge is -2.25. The molecule has 0 saturated carbocycles. The van der Waals surface area contributed by atoms with Gasteiger partial charge in [0.2, 0.25) is 0 Å². The van der Waals surface area contributed by atoms with Gasteiger partial charge in [-0.1, -0.05) is 12.2 Å². The van der Waals surface area contributed by atoms with Crippen LogP contribution in [0, 0.1) is 0 Å². The summed E-state index contributed by atoms with van der Waals surface area (Å²) >= 11 is 5.07. The van der Waals surface area contributed by atoms with Gasteiger partial charge < -0.3 is 20.1 Å². The molecule has 0 atom stereocenters. The maximum atomic E-state index is 5.74. The molecule has 0 saturated heterocycles. The predicted molar refractivity (Wildman–Crippen MR) is 80.7 cm³/mol. The Kier molecular flexibility index (Phi) is 7.32. The molecule has 0 aliphatic carbocycles. The summed E-state index contributed by atoms with van der Waals surface area (Å²) in [4.78, 5) is 6.87. The largest absolute Gasteiger partial charge is 0.389 e. The first-order chi connectivity index (χ1) is 9.20. The molecule has 2 N–H and O–H groups in total. The van der Waals surface area contributed by atoms with Gasteiger partial charge in [0.15, 0.2) is 0 Å². The second kappa shape index (κ2) is 8.79. The van der Waals surface area contributed by atoms with E-state index in [1.807, 2.05) is 12.1 Å². The third-order valence-electron chi connectivity index (χ3n) is 2.69. The van der Waals surface area contributed by atoms with E-state index in [4.69, 9.17) is 27.4 Å². The fourth-order valence-electron chi connectivity index (χ4n) is 1.77. The van der Waals surface area contributed by atoms with Gasteiger partial charge in [0.1, 0.15) is 10.8 Å². The highest BCUT2D eigenvalue weighted by Gasteiger charge is 2.13. The number of rotatable bonds is 9. The molecule has 5 nitrogen and oxygen atoms in total. The summed E-state index contributed by atoms with van der Waals surface area (Å²) in [5, 5.41) is 0. The van der Waals surface area contributed by atoms with Crippen LogP contribution in [0.5, 0.6) is 0 Å². The molecule has 0 amide bonds. The fraction of sp³-hybridized carbons (Fsp3) is 0.538. The summed E-state index contributed by atoms with van der Waals surface area (Å²) in [5.74, 6) is 0.808. The van der Waals surface area contributed by atoms with Crippen LogP contribution in [0.25, 0.3) is 0 Å². The lowest BCUT2D eigenvalue weighted by atomic mass is 10.2. The highest BCUT2D eigenvalue weighted by atomic mass is 32.1. The van der Waals surface area contributed by atoms with Gasteiger partial charge in [0.25, 0.3) is 0 Å². The van der Waals surface area contributed by atoms with Crippen molar-refractivity contribution in [3.8, 4) is 0 Å². The molecule has 106 valence electrons. The molecule has 0 radical (unpaired) electrons. The molecule has 1 rings (SSSR count). The molecule has 0 aliphatic rings. The molecule has 1 aromatic heterocycles. The van der Waals surface area contributed by atoms with E-state index in [0.29, 0.717) is 18.2 Å². The Labute approximate surface area is 119 Å². The molecule has 19 heavy (non-hydrogen) atoms. The van der Waals surface area contributed by atoms with Crippen molar-refractivity contribution < 1.29 is 9.47 Å². The topological polar surface area (TPSA) is 60.6 Å². The van der Waals surface area contributed by atoms with Gasteiger partial charge in [-0.2, -0.15) is 0 Å². The average molecular weight is 283 g/mol. The van der Waals surface area contributed by atoms with Crippen molar-refractivity contribution in [3.05, 3.63) is 23.9 Å². The number of aromatic nitrogens is 1. The number of ether oxygens (including phenoxy) is 2. The van der Waals surface area contributed by atoms with Crippen LogP contribution in [0.1, 0.15) is 12.0 Å². The van der Waals surface area contributed by atoms with Gasteiger partial charge in [-0.15, -0.1) is 0 Å². The van der Waals surface area contributed by atoms with Crippen LogP contribution >= 0.6 is 12.2 Å². The Hall–Kier alpha value is -1.24. The first kappa shape index (κ1) is 15.8. The van der Waals surface area contributed by atoms with Crippen molar-refractivity contribution in [1.82, 2.24) is 4.98 Å². The molecule has 0 bridgehead atoms.